The first-order valence-electron chi connectivity index (χ1n) is 5.33. The van der Waals surface area contributed by atoms with Gasteiger partial charge >= 0.3 is 5.97 Å². The molecular formula is C12H17NO2. The summed E-state index contributed by atoms with van der Waals surface area (Å²) >= 11 is 0. The molecule has 0 amide bonds. The quantitative estimate of drug-likeness (QED) is 0.807. The van der Waals surface area contributed by atoms with Crippen LogP contribution in [-0.2, 0) is 4.79 Å². The lowest BCUT2D eigenvalue weighted by Crippen LogP contribution is -2.20. The van der Waals surface area contributed by atoms with Crippen molar-refractivity contribution in [2.75, 3.05) is 0 Å². The van der Waals surface area contributed by atoms with Crippen LogP contribution in [0.15, 0.2) is 24.5 Å². The fraction of sp³-hybridized carbons (Fsp3) is 0.500. The number of hydrogen-bond donors (Lipinski definition) is 1. The third-order valence-electron chi connectivity index (χ3n) is 2.83. The Balaban J connectivity index is 2.97. The minimum Gasteiger partial charge on any atom is -0.481 e. The molecule has 0 fully saturated rings. The number of hydrogen-bond acceptors (Lipinski definition) is 2. The van der Waals surface area contributed by atoms with Crippen molar-refractivity contribution in [3.63, 3.8) is 0 Å². The highest BCUT2D eigenvalue weighted by Gasteiger charge is 2.27. The number of carboxylic acids is 1. The smallest absolute Gasteiger partial charge is 0.311 e. The summed E-state index contributed by atoms with van der Waals surface area (Å²) in [6.07, 6.45) is 5.07. The second-order valence-electron chi connectivity index (χ2n) is 3.68. The van der Waals surface area contributed by atoms with Crippen LogP contribution in [0.2, 0.25) is 0 Å². The van der Waals surface area contributed by atoms with Crippen molar-refractivity contribution >= 4 is 5.97 Å². The van der Waals surface area contributed by atoms with Gasteiger partial charge in [0, 0.05) is 12.4 Å². The molecule has 1 unspecified atom stereocenters. The predicted molar refractivity (Wildman–Crippen MR) is 58.7 cm³/mol. The summed E-state index contributed by atoms with van der Waals surface area (Å²) in [6.45, 7) is 4.06. The molecule has 0 spiro atoms. The number of pyridine rings is 1. The molecule has 1 atom stereocenters. The highest BCUT2D eigenvalue weighted by Crippen LogP contribution is 2.29. The van der Waals surface area contributed by atoms with Gasteiger partial charge in [0.2, 0.25) is 0 Å². The first-order valence-corrected chi connectivity index (χ1v) is 5.33. The van der Waals surface area contributed by atoms with Gasteiger partial charge in [0.05, 0.1) is 5.92 Å². The van der Waals surface area contributed by atoms with Crippen LogP contribution in [0.3, 0.4) is 0 Å². The van der Waals surface area contributed by atoms with E-state index in [0.29, 0.717) is 0 Å². The average molecular weight is 207 g/mol. The number of aromatic nitrogens is 1. The minimum absolute atomic E-state index is 0.187. The van der Waals surface area contributed by atoms with Crippen molar-refractivity contribution in [2.45, 2.75) is 32.6 Å². The molecule has 0 aliphatic rings. The van der Waals surface area contributed by atoms with Gasteiger partial charge in [-0.05, 0) is 17.5 Å². The number of carbonyl (C=O) groups is 1. The molecule has 0 radical (unpaired) electrons. The van der Waals surface area contributed by atoms with E-state index in [1.807, 2.05) is 19.9 Å². The third kappa shape index (κ3) is 2.78. The van der Waals surface area contributed by atoms with Gasteiger partial charge in [0.1, 0.15) is 0 Å². The molecule has 0 bridgehead atoms. The van der Waals surface area contributed by atoms with Crippen LogP contribution in [-0.4, -0.2) is 16.1 Å². The Labute approximate surface area is 90.2 Å². The highest BCUT2D eigenvalue weighted by molar-refractivity contribution is 5.76. The zero-order chi connectivity index (χ0) is 11.3. The second kappa shape index (κ2) is 5.49. The molecule has 3 heteroatoms. The maximum atomic E-state index is 11.2. The number of nitrogens with zero attached hydrogens (tertiary/aromatic N) is 1. The summed E-state index contributed by atoms with van der Waals surface area (Å²) < 4.78 is 0. The second-order valence-corrected chi connectivity index (χ2v) is 3.68. The summed E-state index contributed by atoms with van der Waals surface area (Å²) in [7, 11) is 0. The van der Waals surface area contributed by atoms with E-state index in [9.17, 15) is 9.90 Å². The number of carboxylic acid groups (broad SMARTS) is 1. The largest absolute Gasteiger partial charge is 0.481 e. The minimum atomic E-state index is -0.753. The summed E-state index contributed by atoms with van der Waals surface area (Å²) in [5.41, 5.74) is 0.804. The maximum absolute atomic E-state index is 11.2. The molecule has 82 valence electrons. The van der Waals surface area contributed by atoms with Gasteiger partial charge in [-0.2, -0.15) is 0 Å². The van der Waals surface area contributed by atoms with E-state index in [2.05, 4.69) is 4.98 Å². The van der Waals surface area contributed by atoms with Crippen molar-refractivity contribution in [1.82, 2.24) is 4.98 Å². The van der Waals surface area contributed by atoms with Crippen molar-refractivity contribution < 1.29 is 9.90 Å². The van der Waals surface area contributed by atoms with E-state index in [4.69, 9.17) is 0 Å². The number of aliphatic carboxylic acids is 1. The molecule has 3 nitrogen and oxygen atoms in total. The van der Waals surface area contributed by atoms with Crippen LogP contribution in [0.25, 0.3) is 0 Å². The predicted octanol–water partition coefficient (Wildman–Crippen LogP) is 2.69. The van der Waals surface area contributed by atoms with Gasteiger partial charge in [-0.25, -0.2) is 0 Å². The molecule has 1 aromatic heterocycles. The van der Waals surface area contributed by atoms with Gasteiger partial charge in [-0.1, -0.05) is 32.8 Å². The molecule has 0 aromatic carbocycles. The van der Waals surface area contributed by atoms with Crippen LogP contribution in [0.4, 0.5) is 0 Å². The Hall–Kier alpha value is -1.38. The lowest BCUT2D eigenvalue weighted by molar-refractivity contribution is -0.140. The van der Waals surface area contributed by atoms with Crippen LogP contribution in [0.5, 0.6) is 0 Å². The summed E-state index contributed by atoms with van der Waals surface area (Å²) in [6, 6.07) is 3.62. The van der Waals surface area contributed by atoms with Gasteiger partial charge in [-0.3, -0.25) is 9.78 Å². The Morgan fingerprint density at radius 3 is 2.53 bits per heavy atom. The van der Waals surface area contributed by atoms with Gasteiger partial charge in [-0.15, -0.1) is 0 Å². The summed E-state index contributed by atoms with van der Waals surface area (Å²) in [5, 5.41) is 9.23. The van der Waals surface area contributed by atoms with Gasteiger partial charge in [0.25, 0.3) is 0 Å². The maximum Gasteiger partial charge on any atom is 0.311 e. The van der Waals surface area contributed by atoms with Crippen molar-refractivity contribution in [1.29, 1.82) is 0 Å². The van der Waals surface area contributed by atoms with Crippen LogP contribution < -0.4 is 0 Å². The molecule has 0 aliphatic heterocycles. The Kier molecular flexibility index (Phi) is 4.28. The summed E-state index contributed by atoms with van der Waals surface area (Å²) in [5.74, 6) is -0.989. The first-order chi connectivity index (χ1) is 7.20. The molecule has 15 heavy (non-hydrogen) atoms. The SMILES string of the molecule is CCC(CC)C(C(=O)O)c1cccnc1. The molecule has 1 heterocycles. The van der Waals surface area contributed by atoms with Crippen molar-refractivity contribution in [3.8, 4) is 0 Å². The topological polar surface area (TPSA) is 50.2 Å². The fourth-order valence-electron chi connectivity index (χ4n) is 1.94. The van der Waals surface area contributed by atoms with E-state index < -0.39 is 11.9 Å². The monoisotopic (exact) mass is 207 g/mol. The van der Waals surface area contributed by atoms with E-state index in [0.717, 1.165) is 18.4 Å². The highest BCUT2D eigenvalue weighted by atomic mass is 16.4. The summed E-state index contributed by atoms with van der Waals surface area (Å²) in [4.78, 5) is 15.2. The first kappa shape index (κ1) is 11.7. The van der Waals surface area contributed by atoms with Crippen LogP contribution >= 0.6 is 0 Å². The van der Waals surface area contributed by atoms with Crippen LogP contribution in [0.1, 0.15) is 38.2 Å². The average Bonchev–Trinajstić information content (AvgIpc) is 2.26. The van der Waals surface area contributed by atoms with Crippen LogP contribution in [0, 0.1) is 5.92 Å². The Morgan fingerprint density at radius 2 is 2.13 bits per heavy atom. The van der Waals surface area contributed by atoms with E-state index in [1.165, 1.54) is 0 Å². The van der Waals surface area contributed by atoms with E-state index in [1.54, 1.807) is 18.5 Å². The van der Waals surface area contributed by atoms with E-state index in [-0.39, 0.29) is 5.92 Å². The normalized spacial score (nSPS) is 12.7. The van der Waals surface area contributed by atoms with Crippen molar-refractivity contribution in [2.24, 2.45) is 5.92 Å². The van der Waals surface area contributed by atoms with Gasteiger partial charge < -0.3 is 5.11 Å². The molecule has 1 rings (SSSR count). The zero-order valence-corrected chi connectivity index (χ0v) is 9.18. The van der Waals surface area contributed by atoms with E-state index >= 15 is 0 Å². The molecule has 0 saturated heterocycles. The third-order valence-corrected chi connectivity index (χ3v) is 2.83. The standard InChI is InChI=1S/C12H17NO2/c1-3-9(4-2)11(12(14)15)10-6-5-7-13-8-10/h5-9,11H,3-4H2,1-2H3,(H,14,15). The number of rotatable bonds is 5. The molecular weight excluding hydrogens is 190 g/mol. The van der Waals surface area contributed by atoms with Gasteiger partial charge in [0.15, 0.2) is 0 Å². The Bertz CT molecular complexity index is 307. The van der Waals surface area contributed by atoms with Crippen molar-refractivity contribution in [3.05, 3.63) is 30.1 Å². The molecule has 0 aliphatic carbocycles. The molecule has 0 saturated carbocycles. The fourth-order valence-corrected chi connectivity index (χ4v) is 1.94. The zero-order valence-electron chi connectivity index (χ0n) is 9.18. The lowest BCUT2D eigenvalue weighted by Gasteiger charge is -2.21. The molecule has 1 aromatic rings. The molecule has 1 N–H and O–H groups in total. The lowest BCUT2D eigenvalue weighted by atomic mass is 9.83. The Morgan fingerprint density at radius 1 is 1.47 bits per heavy atom.